The molecule has 10 heavy (non-hydrogen) atoms. The van der Waals surface area contributed by atoms with E-state index in [1.165, 1.54) is 0 Å². The average molecular weight is 165 g/mol. The summed E-state index contributed by atoms with van der Waals surface area (Å²) >= 11 is 1.66. The predicted octanol–water partition coefficient (Wildman–Crippen LogP) is -0.580. The number of rotatable bonds is 5. The van der Waals surface area contributed by atoms with Gasteiger partial charge in [0, 0.05) is 0 Å². The van der Waals surface area contributed by atoms with Gasteiger partial charge in [0.05, 0.1) is 18.8 Å². The summed E-state index contributed by atoms with van der Waals surface area (Å²) in [6.07, 6.45) is 2.07. The average Bonchev–Trinajstić information content (AvgIpc) is 1.98. The van der Waals surface area contributed by atoms with Gasteiger partial charge in [-0.1, -0.05) is 0 Å². The lowest BCUT2D eigenvalue weighted by Crippen LogP contribution is -2.38. The molecular weight excluding hydrogens is 150 g/mol. The van der Waals surface area contributed by atoms with Crippen LogP contribution >= 0.6 is 11.8 Å². The maximum atomic E-state index is 9.15. The minimum Gasteiger partial charge on any atom is -0.395 e. The molecule has 0 aliphatic carbocycles. The summed E-state index contributed by atoms with van der Waals surface area (Å²) in [7, 11) is 0. The van der Waals surface area contributed by atoms with Crippen molar-refractivity contribution in [2.45, 2.75) is 18.6 Å². The van der Waals surface area contributed by atoms with Crippen molar-refractivity contribution in [2.24, 2.45) is 5.73 Å². The van der Waals surface area contributed by atoms with Crippen LogP contribution in [-0.2, 0) is 0 Å². The molecule has 4 N–H and O–H groups in total. The molecule has 0 radical (unpaired) electrons. The first kappa shape index (κ1) is 10.2. The van der Waals surface area contributed by atoms with Crippen molar-refractivity contribution in [3.63, 3.8) is 0 Å². The first-order chi connectivity index (χ1) is 4.72. The zero-order chi connectivity index (χ0) is 7.98. The van der Waals surface area contributed by atoms with Crippen molar-refractivity contribution in [3.05, 3.63) is 0 Å². The Balaban J connectivity index is 3.31. The number of aliphatic hydroxyl groups is 2. The lowest BCUT2D eigenvalue weighted by molar-refractivity contribution is 0.107. The van der Waals surface area contributed by atoms with Crippen molar-refractivity contribution < 1.29 is 10.2 Å². The van der Waals surface area contributed by atoms with Crippen LogP contribution in [0.1, 0.15) is 6.42 Å². The van der Waals surface area contributed by atoms with E-state index >= 15 is 0 Å². The molecule has 3 nitrogen and oxygen atoms in total. The molecule has 0 fully saturated rings. The molecule has 0 aromatic heterocycles. The van der Waals surface area contributed by atoms with Crippen LogP contribution in [-0.4, -0.2) is 41.0 Å². The molecule has 0 amide bonds. The molecule has 2 unspecified atom stereocenters. The fraction of sp³-hybridized carbons (Fsp3) is 1.00. The summed E-state index contributed by atoms with van der Waals surface area (Å²) in [6, 6.07) is -0.479. The summed E-state index contributed by atoms with van der Waals surface area (Å²) < 4.78 is 0. The minimum absolute atomic E-state index is 0.143. The summed E-state index contributed by atoms with van der Waals surface area (Å²) in [5.74, 6) is 0.884. The Morgan fingerprint density at radius 2 is 2.20 bits per heavy atom. The van der Waals surface area contributed by atoms with Gasteiger partial charge in [0.15, 0.2) is 0 Å². The van der Waals surface area contributed by atoms with Crippen LogP contribution in [0, 0.1) is 0 Å². The number of aliphatic hydroxyl groups excluding tert-OH is 2. The maximum Gasteiger partial charge on any atom is 0.0721 e. The lowest BCUT2D eigenvalue weighted by atomic mass is 10.1. The van der Waals surface area contributed by atoms with Crippen molar-refractivity contribution in [1.82, 2.24) is 0 Å². The van der Waals surface area contributed by atoms with Crippen molar-refractivity contribution in [2.75, 3.05) is 18.6 Å². The topological polar surface area (TPSA) is 66.5 Å². The molecule has 2 atom stereocenters. The number of nitrogens with two attached hydrogens (primary N) is 1. The fourth-order valence-electron chi connectivity index (χ4n) is 0.574. The van der Waals surface area contributed by atoms with E-state index in [-0.39, 0.29) is 6.61 Å². The van der Waals surface area contributed by atoms with Gasteiger partial charge in [0.25, 0.3) is 0 Å². The first-order valence-electron chi connectivity index (χ1n) is 3.25. The van der Waals surface area contributed by atoms with Crippen molar-refractivity contribution in [3.8, 4) is 0 Å². The third-order valence-electron chi connectivity index (χ3n) is 1.32. The normalized spacial score (nSPS) is 16.8. The van der Waals surface area contributed by atoms with Crippen LogP contribution in [0.3, 0.4) is 0 Å². The van der Waals surface area contributed by atoms with E-state index in [2.05, 4.69) is 0 Å². The molecule has 0 saturated heterocycles. The van der Waals surface area contributed by atoms with E-state index in [4.69, 9.17) is 15.9 Å². The van der Waals surface area contributed by atoms with Gasteiger partial charge in [-0.2, -0.15) is 11.8 Å². The summed E-state index contributed by atoms with van der Waals surface area (Å²) in [5, 5.41) is 17.7. The Labute approximate surface area is 65.6 Å². The molecule has 0 bridgehead atoms. The van der Waals surface area contributed by atoms with Crippen molar-refractivity contribution in [1.29, 1.82) is 0 Å². The second kappa shape index (κ2) is 5.97. The fourth-order valence-corrected chi connectivity index (χ4v) is 1.05. The number of hydrogen-bond acceptors (Lipinski definition) is 4. The smallest absolute Gasteiger partial charge is 0.0721 e. The van der Waals surface area contributed by atoms with E-state index < -0.39 is 12.1 Å². The standard InChI is InChI=1S/C6H15NO2S/c1-10-3-2-6(9)5(7)4-8/h5-6,8-9H,2-4,7H2,1H3. The number of hydrogen-bond donors (Lipinski definition) is 3. The van der Waals surface area contributed by atoms with Crippen LogP contribution in [0.15, 0.2) is 0 Å². The van der Waals surface area contributed by atoms with Gasteiger partial charge in [-0.25, -0.2) is 0 Å². The van der Waals surface area contributed by atoms with E-state index in [9.17, 15) is 0 Å². The van der Waals surface area contributed by atoms with Gasteiger partial charge in [0.1, 0.15) is 0 Å². The zero-order valence-electron chi connectivity index (χ0n) is 6.16. The number of thioether (sulfide) groups is 1. The second-order valence-corrected chi connectivity index (χ2v) is 3.18. The molecule has 0 aliphatic heterocycles. The van der Waals surface area contributed by atoms with Gasteiger partial charge >= 0.3 is 0 Å². The third kappa shape index (κ3) is 4.11. The Hall–Kier alpha value is 0.230. The van der Waals surface area contributed by atoms with Crippen LogP contribution in [0.25, 0.3) is 0 Å². The summed E-state index contributed by atoms with van der Waals surface area (Å²) in [4.78, 5) is 0. The molecule has 0 rings (SSSR count). The van der Waals surface area contributed by atoms with Crippen LogP contribution in [0.4, 0.5) is 0 Å². The largest absolute Gasteiger partial charge is 0.395 e. The highest BCUT2D eigenvalue weighted by molar-refractivity contribution is 7.98. The molecular formula is C6H15NO2S. The Bertz CT molecular complexity index is 82.1. The second-order valence-electron chi connectivity index (χ2n) is 2.20. The highest BCUT2D eigenvalue weighted by atomic mass is 32.2. The van der Waals surface area contributed by atoms with E-state index in [1.807, 2.05) is 6.26 Å². The van der Waals surface area contributed by atoms with Gasteiger partial charge < -0.3 is 15.9 Å². The maximum absolute atomic E-state index is 9.15. The molecule has 0 aromatic carbocycles. The van der Waals surface area contributed by atoms with Crippen LogP contribution < -0.4 is 5.73 Å². The van der Waals surface area contributed by atoms with E-state index in [0.29, 0.717) is 6.42 Å². The summed E-state index contributed by atoms with van der Waals surface area (Å²) in [5.41, 5.74) is 5.35. The molecule has 62 valence electrons. The Morgan fingerprint density at radius 1 is 1.60 bits per heavy atom. The quantitative estimate of drug-likeness (QED) is 0.510. The molecule has 0 saturated carbocycles. The van der Waals surface area contributed by atoms with Crippen LogP contribution in [0.5, 0.6) is 0 Å². The highest BCUT2D eigenvalue weighted by Gasteiger charge is 2.11. The van der Waals surface area contributed by atoms with E-state index in [0.717, 1.165) is 5.75 Å². The highest BCUT2D eigenvalue weighted by Crippen LogP contribution is 2.02. The zero-order valence-corrected chi connectivity index (χ0v) is 6.97. The predicted molar refractivity (Wildman–Crippen MR) is 44.1 cm³/mol. The van der Waals surface area contributed by atoms with Gasteiger partial charge in [0.2, 0.25) is 0 Å². The van der Waals surface area contributed by atoms with Gasteiger partial charge in [-0.3, -0.25) is 0 Å². The molecule has 0 spiro atoms. The third-order valence-corrected chi connectivity index (χ3v) is 1.97. The Morgan fingerprint density at radius 3 is 2.60 bits per heavy atom. The lowest BCUT2D eigenvalue weighted by Gasteiger charge is -2.15. The first-order valence-corrected chi connectivity index (χ1v) is 4.65. The molecule has 0 heterocycles. The molecule has 4 heteroatoms. The van der Waals surface area contributed by atoms with Crippen molar-refractivity contribution >= 4 is 11.8 Å². The molecule has 0 aromatic rings. The minimum atomic E-state index is -0.558. The SMILES string of the molecule is CSCCC(O)C(N)CO. The molecule has 0 aliphatic rings. The monoisotopic (exact) mass is 165 g/mol. The Kier molecular flexibility index (Phi) is 6.11. The summed E-state index contributed by atoms with van der Waals surface area (Å²) in [6.45, 7) is -0.143. The van der Waals surface area contributed by atoms with Gasteiger partial charge in [-0.05, 0) is 18.4 Å². The van der Waals surface area contributed by atoms with Crippen LogP contribution in [0.2, 0.25) is 0 Å². The van der Waals surface area contributed by atoms with E-state index in [1.54, 1.807) is 11.8 Å². The van der Waals surface area contributed by atoms with Gasteiger partial charge in [-0.15, -0.1) is 0 Å².